The Balaban J connectivity index is 1.62. The van der Waals surface area contributed by atoms with Gasteiger partial charge >= 0.3 is 0 Å². The van der Waals surface area contributed by atoms with Crippen molar-refractivity contribution in [2.75, 3.05) is 18.0 Å². The van der Waals surface area contributed by atoms with Gasteiger partial charge in [0.15, 0.2) is 0 Å². The molecule has 1 N–H and O–H groups in total. The topological polar surface area (TPSA) is 49.4 Å². The summed E-state index contributed by atoms with van der Waals surface area (Å²) in [6.45, 7) is 4.82. The zero-order chi connectivity index (χ0) is 16.3. The van der Waals surface area contributed by atoms with Crippen LogP contribution in [0.25, 0.3) is 0 Å². The Bertz CT molecular complexity index is 724. The largest absolute Gasteiger partial charge is 0.371 e. The van der Waals surface area contributed by atoms with Crippen LogP contribution in [-0.4, -0.2) is 21.5 Å². The van der Waals surface area contributed by atoms with E-state index in [0.29, 0.717) is 10.8 Å². The Labute approximate surface area is 142 Å². The molecule has 2 heterocycles. The SMILES string of the molecule is C[C@@H]1CCCN(c2ccc(CNS(=O)(=O)c3cccs3)cc2)C1. The first-order valence-electron chi connectivity index (χ1n) is 7.92. The average Bonchev–Trinajstić information content (AvgIpc) is 3.09. The molecular formula is C17H22N2O2S2. The van der Waals surface area contributed by atoms with Crippen LogP contribution in [-0.2, 0) is 16.6 Å². The molecule has 1 aliphatic rings. The second-order valence-corrected chi connectivity index (χ2v) is 9.06. The molecule has 23 heavy (non-hydrogen) atoms. The Kier molecular flexibility index (Phi) is 5.04. The first kappa shape index (κ1) is 16.5. The normalized spacial score (nSPS) is 19.0. The average molecular weight is 351 g/mol. The lowest BCUT2D eigenvalue weighted by Gasteiger charge is -2.32. The maximum Gasteiger partial charge on any atom is 0.250 e. The highest BCUT2D eigenvalue weighted by atomic mass is 32.2. The number of piperidine rings is 1. The minimum absolute atomic E-state index is 0.316. The number of nitrogens with zero attached hydrogens (tertiary/aromatic N) is 1. The van der Waals surface area contributed by atoms with E-state index in [2.05, 4.69) is 28.7 Å². The molecule has 124 valence electrons. The molecule has 0 spiro atoms. The van der Waals surface area contributed by atoms with Gasteiger partial charge in [0, 0.05) is 25.3 Å². The highest BCUT2D eigenvalue weighted by molar-refractivity contribution is 7.91. The smallest absolute Gasteiger partial charge is 0.250 e. The van der Waals surface area contributed by atoms with E-state index in [1.54, 1.807) is 17.5 Å². The second-order valence-electron chi connectivity index (χ2n) is 6.12. The quantitative estimate of drug-likeness (QED) is 0.898. The Hall–Kier alpha value is -1.37. The standard InChI is InChI=1S/C17H22N2O2S2/c1-14-4-2-10-19(13-14)16-8-6-15(7-9-16)12-18-23(20,21)17-5-3-11-22-17/h3,5-9,11,14,18H,2,4,10,12-13H2,1H3/t14-/m1/s1. The lowest BCUT2D eigenvalue weighted by atomic mass is 9.99. The molecule has 0 amide bonds. The van der Waals surface area contributed by atoms with Crippen LogP contribution in [0.3, 0.4) is 0 Å². The van der Waals surface area contributed by atoms with E-state index < -0.39 is 10.0 Å². The maximum absolute atomic E-state index is 12.1. The summed E-state index contributed by atoms with van der Waals surface area (Å²) in [5.41, 5.74) is 2.19. The van der Waals surface area contributed by atoms with Crippen LogP contribution >= 0.6 is 11.3 Å². The summed E-state index contributed by atoms with van der Waals surface area (Å²) in [7, 11) is -3.39. The van der Waals surface area contributed by atoms with E-state index in [0.717, 1.165) is 24.6 Å². The molecule has 0 radical (unpaired) electrons. The Morgan fingerprint density at radius 2 is 2.04 bits per heavy atom. The van der Waals surface area contributed by atoms with Crippen LogP contribution in [0.2, 0.25) is 0 Å². The van der Waals surface area contributed by atoms with Crippen LogP contribution in [0.1, 0.15) is 25.3 Å². The number of thiophene rings is 1. The molecule has 0 unspecified atom stereocenters. The summed E-state index contributed by atoms with van der Waals surface area (Å²) < 4.78 is 27.2. The van der Waals surface area contributed by atoms with E-state index in [4.69, 9.17) is 0 Å². The summed E-state index contributed by atoms with van der Waals surface area (Å²) in [4.78, 5) is 2.41. The molecule has 0 bridgehead atoms. The van der Waals surface area contributed by atoms with Gasteiger partial charge in [-0.25, -0.2) is 13.1 Å². The molecule has 1 saturated heterocycles. The summed E-state index contributed by atoms with van der Waals surface area (Å²) in [5.74, 6) is 0.737. The lowest BCUT2D eigenvalue weighted by Crippen LogP contribution is -2.34. The van der Waals surface area contributed by atoms with Gasteiger partial charge < -0.3 is 4.90 Å². The van der Waals surface area contributed by atoms with Gasteiger partial charge in [0.1, 0.15) is 4.21 Å². The van der Waals surface area contributed by atoms with Crippen molar-refractivity contribution in [1.82, 2.24) is 4.72 Å². The predicted octanol–water partition coefficient (Wildman–Crippen LogP) is 3.46. The van der Waals surface area contributed by atoms with Crippen molar-refractivity contribution < 1.29 is 8.42 Å². The Morgan fingerprint density at radius 1 is 1.26 bits per heavy atom. The molecule has 2 aromatic rings. The van der Waals surface area contributed by atoms with Crippen molar-refractivity contribution in [1.29, 1.82) is 0 Å². The predicted molar refractivity (Wildman–Crippen MR) is 95.4 cm³/mol. The fraction of sp³-hybridized carbons (Fsp3) is 0.412. The van der Waals surface area contributed by atoms with Crippen molar-refractivity contribution in [2.24, 2.45) is 5.92 Å². The molecular weight excluding hydrogens is 328 g/mol. The van der Waals surface area contributed by atoms with Gasteiger partial charge in [0.05, 0.1) is 0 Å². The summed E-state index contributed by atoms with van der Waals surface area (Å²) in [6.07, 6.45) is 2.54. The van der Waals surface area contributed by atoms with Crippen molar-refractivity contribution in [3.8, 4) is 0 Å². The van der Waals surface area contributed by atoms with Crippen LogP contribution < -0.4 is 9.62 Å². The van der Waals surface area contributed by atoms with Gasteiger partial charge in [0.25, 0.3) is 0 Å². The van der Waals surface area contributed by atoms with Crippen molar-refractivity contribution in [3.05, 3.63) is 47.3 Å². The fourth-order valence-electron chi connectivity index (χ4n) is 2.91. The number of hydrogen-bond donors (Lipinski definition) is 1. The third-order valence-corrected chi connectivity index (χ3v) is 6.98. The van der Waals surface area contributed by atoms with Gasteiger partial charge in [-0.3, -0.25) is 0 Å². The lowest BCUT2D eigenvalue weighted by molar-refractivity contribution is 0.447. The monoisotopic (exact) mass is 350 g/mol. The van der Waals surface area contributed by atoms with Gasteiger partial charge in [-0.2, -0.15) is 0 Å². The molecule has 0 aliphatic carbocycles. The molecule has 0 saturated carbocycles. The summed E-state index contributed by atoms with van der Waals surface area (Å²) in [6, 6.07) is 11.6. The zero-order valence-corrected chi connectivity index (χ0v) is 14.9. The van der Waals surface area contributed by atoms with E-state index in [9.17, 15) is 8.42 Å². The van der Waals surface area contributed by atoms with E-state index in [1.807, 2.05) is 12.1 Å². The molecule has 4 nitrogen and oxygen atoms in total. The highest BCUT2D eigenvalue weighted by Gasteiger charge is 2.17. The van der Waals surface area contributed by atoms with Gasteiger partial charge in [0.2, 0.25) is 10.0 Å². The van der Waals surface area contributed by atoms with E-state index in [-0.39, 0.29) is 0 Å². The zero-order valence-electron chi connectivity index (χ0n) is 13.2. The minimum Gasteiger partial charge on any atom is -0.371 e. The number of hydrogen-bond acceptors (Lipinski definition) is 4. The third kappa shape index (κ3) is 4.13. The second kappa shape index (κ2) is 7.03. The van der Waals surface area contributed by atoms with Crippen molar-refractivity contribution in [2.45, 2.75) is 30.5 Å². The van der Waals surface area contributed by atoms with E-state index in [1.165, 1.54) is 29.9 Å². The third-order valence-electron chi connectivity index (χ3n) is 4.18. The van der Waals surface area contributed by atoms with Crippen LogP contribution in [0.5, 0.6) is 0 Å². The van der Waals surface area contributed by atoms with Crippen LogP contribution in [0.4, 0.5) is 5.69 Å². The minimum atomic E-state index is -3.39. The number of nitrogens with one attached hydrogen (secondary N) is 1. The maximum atomic E-state index is 12.1. The molecule has 1 fully saturated rings. The van der Waals surface area contributed by atoms with Crippen molar-refractivity contribution >= 4 is 27.0 Å². The van der Waals surface area contributed by atoms with Crippen LogP contribution in [0, 0.1) is 5.92 Å². The molecule has 1 aromatic heterocycles. The number of rotatable bonds is 5. The van der Waals surface area contributed by atoms with Gasteiger partial charge in [-0.1, -0.05) is 25.1 Å². The molecule has 1 atom stereocenters. The van der Waals surface area contributed by atoms with E-state index >= 15 is 0 Å². The van der Waals surface area contributed by atoms with Gasteiger partial charge in [-0.05, 0) is 47.9 Å². The first-order chi connectivity index (χ1) is 11.0. The van der Waals surface area contributed by atoms with Crippen LogP contribution in [0.15, 0.2) is 46.0 Å². The molecule has 1 aromatic carbocycles. The first-order valence-corrected chi connectivity index (χ1v) is 10.3. The molecule has 3 rings (SSSR count). The molecule has 1 aliphatic heterocycles. The number of anilines is 1. The fourth-order valence-corrected chi connectivity index (χ4v) is 4.97. The molecule has 6 heteroatoms. The number of sulfonamides is 1. The summed E-state index contributed by atoms with van der Waals surface area (Å²) in [5, 5.41) is 1.77. The summed E-state index contributed by atoms with van der Waals surface area (Å²) >= 11 is 1.23. The highest BCUT2D eigenvalue weighted by Crippen LogP contribution is 2.23. The van der Waals surface area contributed by atoms with Crippen molar-refractivity contribution in [3.63, 3.8) is 0 Å². The number of benzene rings is 1. The Morgan fingerprint density at radius 3 is 2.70 bits per heavy atom. The van der Waals surface area contributed by atoms with Gasteiger partial charge in [-0.15, -0.1) is 11.3 Å².